The van der Waals surface area contributed by atoms with Crippen LogP contribution in [0.15, 0.2) is 18.5 Å². The van der Waals surface area contributed by atoms with Crippen LogP contribution in [-0.4, -0.2) is 24.2 Å². The highest BCUT2D eigenvalue weighted by molar-refractivity contribution is 6.31. The Morgan fingerprint density at radius 2 is 2.22 bits per heavy atom. The van der Waals surface area contributed by atoms with Crippen LogP contribution < -0.4 is 5.32 Å². The first-order valence-corrected chi connectivity index (χ1v) is 6.76. The van der Waals surface area contributed by atoms with E-state index in [1.807, 2.05) is 6.07 Å². The van der Waals surface area contributed by atoms with Crippen LogP contribution in [0.1, 0.15) is 45.2 Å². The largest absolute Gasteiger partial charge is 0.379 e. The van der Waals surface area contributed by atoms with Gasteiger partial charge in [0.15, 0.2) is 0 Å². The molecule has 18 heavy (non-hydrogen) atoms. The van der Waals surface area contributed by atoms with Crippen LogP contribution in [0, 0.1) is 0 Å². The van der Waals surface area contributed by atoms with Gasteiger partial charge < -0.3 is 10.1 Å². The number of hydrogen-bond acceptors (Lipinski definition) is 3. The van der Waals surface area contributed by atoms with Gasteiger partial charge in [-0.1, -0.05) is 18.5 Å². The van der Waals surface area contributed by atoms with Gasteiger partial charge in [0.1, 0.15) is 0 Å². The molecule has 1 atom stereocenters. The molecule has 1 aromatic rings. The average molecular weight is 271 g/mol. The van der Waals surface area contributed by atoms with Crippen molar-refractivity contribution in [1.29, 1.82) is 0 Å². The molecular weight excluding hydrogens is 248 g/mol. The number of aromatic nitrogens is 1. The summed E-state index contributed by atoms with van der Waals surface area (Å²) in [6.07, 6.45) is 5.44. The Balaban J connectivity index is 2.75. The summed E-state index contributed by atoms with van der Waals surface area (Å²) in [5.41, 5.74) is 1.01. The highest BCUT2D eigenvalue weighted by atomic mass is 35.5. The van der Waals surface area contributed by atoms with E-state index in [1.54, 1.807) is 19.5 Å². The van der Waals surface area contributed by atoms with Crippen molar-refractivity contribution in [1.82, 2.24) is 10.3 Å². The lowest BCUT2D eigenvalue weighted by Crippen LogP contribution is -2.27. The molecule has 0 saturated carbocycles. The summed E-state index contributed by atoms with van der Waals surface area (Å²) in [5, 5.41) is 4.19. The van der Waals surface area contributed by atoms with E-state index >= 15 is 0 Å². The zero-order chi connectivity index (χ0) is 13.6. The van der Waals surface area contributed by atoms with Gasteiger partial charge in [-0.15, -0.1) is 0 Å². The third-order valence-corrected chi connectivity index (χ3v) is 3.53. The van der Waals surface area contributed by atoms with Crippen molar-refractivity contribution in [2.75, 3.05) is 13.7 Å². The molecule has 0 spiro atoms. The molecule has 1 N–H and O–H groups in total. The fourth-order valence-corrected chi connectivity index (χ4v) is 2.13. The molecule has 102 valence electrons. The molecule has 0 aliphatic rings. The summed E-state index contributed by atoms with van der Waals surface area (Å²) in [6, 6.07) is 2.23. The minimum atomic E-state index is -0.104. The quantitative estimate of drug-likeness (QED) is 0.822. The smallest absolute Gasteiger partial charge is 0.0637 e. The number of halogens is 1. The van der Waals surface area contributed by atoms with Crippen LogP contribution in [0.5, 0.6) is 0 Å². The van der Waals surface area contributed by atoms with E-state index < -0.39 is 0 Å². The third kappa shape index (κ3) is 4.56. The summed E-state index contributed by atoms with van der Waals surface area (Å²) in [5.74, 6) is 0. The molecule has 0 amide bonds. The molecule has 0 radical (unpaired) electrons. The van der Waals surface area contributed by atoms with E-state index in [0.29, 0.717) is 0 Å². The molecule has 3 nitrogen and oxygen atoms in total. The van der Waals surface area contributed by atoms with Gasteiger partial charge in [0.2, 0.25) is 0 Å². The Morgan fingerprint density at radius 1 is 1.50 bits per heavy atom. The third-order valence-electron chi connectivity index (χ3n) is 3.22. The number of hydrogen-bond donors (Lipinski definition) is 1. The van der Waals surface area contributed by atoms with Crippen LogP contribution >= 0.6 is 11.6 Å². The summed E-state index contributed by atoms with van der Waals surface area (Å²) in [7, 11) is 1.75. The van der Waals surface area contributed by atoms with Crippen LogP contribution in [0.3, 0.4) is 0 Å². The number of methoxy groups -OCH3 is 1. The second-order valence-electron chi connectivity index (χ2n) is 5.01. The summed E-state index contributed by atoms with van der Waals surface area (Å²) < 4.78 is 5.46. The van der Waals surface area contributed by atoms with Gasteiger partial charge in [-0.25, -0.2) is 0 Å². The Hall–Kier alpha value is -0.640. The van der Waals surface area contributed by atoms with Crippen LogP contribution in [-0.2, 0) is 4.74 Å². The van der Waals surface area contributed by atoms with E-state index in [-0.39, 0.29) is 11.6 Å². The first-order valence-electron chi connectivity index (χ1n) is 6.38. The monoisotopic (exact) mass is 270 g/mol. The number of rotatable bonds is 7. The lowest BCUT2D eigenvalue weighted by molar-refractivity contribution is 0.0117. The van der Waals surface area contributed by atoms with Crippen molar-refractivity contribution >= 4 is 11.6 Å². The second-order valence-corrected chi connectivity index (χ2v) is 5.42. The molecule has 1 aromatic heterocycles. The predicted molar refractivity (Wildman–Crippen MR) is 76.0 cm³/mol. The first kappa shape index (κ1) is 15.4. The highest BCUT2D eigenvalue weighted by Gasteiger charge is 2.21. The fraction of sp³-hybridized carbons (Fsp3) is 0.643. The van der Waals surface area contributed by atoms with E-state index in [2.05, 4.69) is 31.1 Å². The highest BCUT2D eigenvalue weighted by Crippen LogP contribution is 2.28. The standard InChI is InChI=1S/C14H23ClN2O/c1-5-17-13(6-8-14(2,3)18-4)11-7-9-16-10-12(11)15/h7,9-10,13,17H,5-6,8H2,1-4H3. The number of nitrogens with zero attached hydrogens (tertiary/aromatic N) is 1. The van der Waals surface area contributed by atoms with Crippen molar-refractivity contribution in [2.24, 2.45) is 0 Å². The average Bonchev–Trinajstić information content (AvgIpc) is 2.35. The SMILES string of the molecule is CCNC(CCC(C)(C)OC)c1ccncc1Cl. The van der Waals surface area contributed by atoms with Gasteiger partial charge in [-0.05, 0) is 44.9 Å². The fourth-order valence-electron chi connectivity index (χ4n) is 1.88. The molecule has 0 aliphatic heterocycles. The van der Waals surface area contributed by atoms with Gasteiger partial charge >= 0.3 is 0 Å². The minimum Gasteiger partial charge on any atom is -0.379 e. The van der Waals surface area contributed by atoms with E-state index in [0.717, 1.165) is 30.0 Å². The summed E-state index contributed by atoms with van der Waals surface area (Å²) in [4.78, 5) is 4.03. The Labute approximate surface area is 115 Å². The maximum absolute atomic E-state index is 6.20. The predicted octanol–water partition coefficient (Wildman–Crippen LogP) is 3.59. The Kier molecular flexibility index (Phi) is 6.06. The van der Waals surface area contributed by atoms with Crippen molar-refractivity contribution in [3.05, 3.63) is 29.0 Å². The Morgan fingerprint density at radius 3 is 2.78 bits per heavy atom. The van der Waals surface area contributed by atoms with Crippen molar-refractivity contribution < 1.29 is 4.74 Å². The van der Waals surface area contributed by atoms with Gasteiger partial charge in [-0.3, -0.25) is 4.98 Å². The minimum absolute atomic E-state index is 0.104. The summed E-state index contributed by atoms with van der Waals surface area (Å²) >= 11 is 6.20. The van der Waals surface area contributed by atoms with Crippen LogP contribution in [0.4, 0.5) is 0 Å². The molecule has 0 aromatic carbocycles. The lowest BCUT2D eigenvalue weighted by atomic mass is 9.95. The molecule has 0 bridgehead atoms. The zero-order valence-electron chi connectivity index (χ0n) is 11.7. The normalized spacial score (nSPS) is 13.6. The van der Waals surface area contributed by atoms with E-state index in [1.165, 1.54) is 0 Å². The van der Waals surface area contributed by atoms with Crippen LogP contribution in [0.25, 0.3) is 0 Å². The molecule has 0 aliphatic carbocycles. The molecule has 1 unspecified atom stereocenters. The van der Waals surface area contributed by atoms with Crippen molar-refractivity contribution in [3.8, 4) is 0 Å². The van der Waals surface area contributed by atoms with Crippen LogP contribution in [0.2, 0.25) is 5.02 Å². The molecule has 1 heterocycles. The topological polar surface area (TPSA) is 34.1 Å². The second kappa shape index (κ2) is 7.07. The maximum Gasteiger partial charge on any atom is 0.0637 e. The van der Waals surface area contributed by atoms with Gasteiger partial charge in [0.05, 0.1) is 10.6 Å². The first-order chi connectivity index (χ1) is 8.50. The summed E-state index contributed by atoms with van der Waals surface area (Å²) in [6.45, 7) is 7.22. The molecule has 1 rings (SSSR count). The van der Waals surface area contributed by atoms with E-state index in [9.17, 15) is 0 Å². The lowest BCUT2D eigenvalue weighted by Gasteiger charge is -2.26. The molecular formula is C14H23ClN2O. The van der Waals surface area contributed by atoms with Crippen molar-refractivity contribution in [3.63, 3.8) is 0 Å². The maximum atomic E-state index is 6.20. The van der Waals surface area contributed by atoms with Gasteiger partial charge in [0.25, 0.3) is 0 Å². The number of ether oxygens (including phenoxy) is 1. The number of pyridine rings is 1. The number of nitrogens with one attached hydrogen (secondary N) is 1. The molecule has 0 fully saturated rings. The molecule has 4 heteroatoms. The zero-order valence-corrected chi connectivity index (χ0v) is 12.4. The van der Waals surface area contributed by atoms with E-state index in [4.69, 9.17) is 16.3 Å². The Bertz CT molecular complexity index is 369. The molecule has 0 saturated heterocycles. The van der Waals surface area contributed by atoms with Gasteiger partial charge in [-0.2, -0.15) is 0 Å². The van der Waals surface area contributed by atoms with Gasteiger partial charge in [0, 0.05) is 25.5 Å². The van der Waals surface area contributed by atoms with Crippen molar-refractivity contribution in [2.45, 2.75) is 45.3 Å².